The molecule has 0 spiro atoms. The second kappa shape index (κ2) is 14.3. The van der Waals surface area contributed by atoms with Crippen LogP contribution in [0.2, 0.25) is 0 Å². The van der Waals surface area contributed by atoms with E-state index in [1.807, 2.05) is 6.07 Å². The van der Waals surface area contributed by atoms with E-state index in [1.165, 1.54) is 19.3 Å². The van der Waals surface area contributed by atoms with Crippen LogP contribution in [0.4, 0.5) is 5.69 Å². The monoisotopic (exact) mass is 403 g/mol. The Kier molecular flexibility index (Phi) is 12.0. The highest BCUT2D eigenvalue weighted by Gasteiger charge is 2.06. The number of nitrogens with zero attached hydrogens (tertiary/aromatic N) is 1. The standard InChI is InChI=1S/C22H33N3O4/c1-3-4-5-6-7-8-13-21(27)25-24-17(2)18-11-9-12-19(16-18)23-20(26)14-10-15-22(28)29/h9,11-12,16H,3-8,10,13-15H2,1-2H3,(H,23,26)(H,25,27)(H,28,29)/b24-17-. The number of carboxylic acid groups (broad SMARTS) is 1. The van der Waals surface area contributed by atoms with Crippen LogP contribution in [0.3, 0.4) is 0 Å². The average molecular weight is 404 g/mol. The van der Waals surface area contributed by atoms with Crippen LogP contribution in [0.1, 0.15) is 83.6 Å². The largest absolute Gasteiger partial charge is 0.481 e. The number of hydrogen-bond acceptors (Lipinski definition) is 4. The summed E-state index contributed by atoms with van der Waals surface area (Å²) in [6.45, 7) is 3.97. The Labute approximate surface area is 173 Å². The zero-order valence-electron chi connectivity index (χ0n) is 17.5. The molecular formula is C22H33N3O4. The van der Waals surface area contributed by atoms with Crippen LogP contribution in [0.25, 0.3) is 0 Å². The predicted molar refractivity (Wildman–Crippen MR) is 115 cm³/mol. The van der Waals surface area contributed by atoms with Gasteiger partial charge in [-0.15, -0.1) is 0 Å². The average Bonchev–Trinajstić information content (AvgIpc) is 2.68. The number of unbranched alkanes of at least 4 members (excludes halogenated alkanes) is 5. The number of benzene rings is 1. The lowest BCUT2D eigenvalue weighted by Crippen LogP contribution is -2.19. The third-order valence-corrected chi connectivity index (χ3v) is 4.46. The first kappa shape index (κ1) is 24.3. The molecule has 0 saturated heterocycles. The van der Waals surface area contributed by atoms with Crippen molar-refractivity contribution in [2.75, 3.05) is 5.32 Å². The normalized spacial score (nSPS) is 11.2. The highest BCUT2D eigenvalue weighted by molar-refractivity contribution is 6.01. The molecule has 1 aromatic rings. The van der Waals surface area contributed by atoms with Crippen molar-refractivity contribution in [1.29, 1.82) is 0 Å². The molecule has 0 heterocycles. The van der Waals surface area contributed by atoms with Gasteiger partial charge in [-0.2, -0.15) is 5.10 Å². The molecule has 0 atom stereocenters. The van der Waals surface area contributed by atoms with E-state index in [1.54, 1.807) is 25.1 Å². The van der Waals surface area contributed by atoms with E-state index in [0.29, 0.717) is 24.2 Å². The van der Waals surface area contributed by atoms with Crippen LogP contribution in [0.5, 0.6) is 0 Å². The third kappa shape index (κ3) is 11.7. The van der Waals surface area contributed by atoms with Gasteiger partial charge in [-0.25, -0.2) is 5.43 Å². The topological polar surface area (TPSA) is 108 Å². The number of rotatable bonds is 14. The Hall–Kier alpha value is -2.70. The first-order valence-electron chi connectivity index (χ1n) is 10.4. The van der Waals surface area contributed by atoms with Gasteiger partial charge >= 0.3 is 5.97 Å². The van der Waals surface area contributed by atoms with Gasteiger partial charge in [0.25, 0.3) is 0 Å². The van der Waals surface area contributed by atoms with Crippen molar-refractivity contribution in [3.05, 3.63) is 29.8 Å². The molecule has 0 saturated carbocycles. The SMILES string of the molecule is CCCCCCCCC(=O)N/N=C(/C)c1cccc(NC(=O)CCCC(=O)O)c1. The highest BCUT2D eigenvalue weighted by atomic mass is 16.4. The molecule has 1 aromatic carbocycles. The molecule has 1 rings (SSSR count). The van der Waals surface area contributed by atoms with Crippen LogP contribution in [0, 0.1) is 0 Å². The van der Waals surface area contributed by atoms with Gasteiger partial charge in [0.1, 0.15) is 0 Å². The minimum absolute atomic E-state index is 0.0301. The molecule has 0 aromatic heterocycles. The summed E-state index contributed by atoms with van der Waals surface area (Å²) in [5, 5.41) is 15.5. The lowest BCUT2D eigenvalue weighted by atomic mass is 10.1. The Morgan fingerprint density at radius 1 is 0.931 bits per heavy atom. The third-order valence-electron chi connectivity index (χ3n) is 4.46. The molecule has 0 aliphatic heterocycles. The summed E-state index contributed by atoms with van der Waals surface area (Å²) in [5.41, 5.74) is 4.62. The van der Waals surface area contributed by atoms with E-state index in [-0.39, 0.29) is 24.7 Å². The molecule has 0 aliphatic carbocycles. The van der Waals surface area contributed by atoms with Crippen LogP contribution in [0.15, 0.2) is 29.4 Å². The number of amides is 2. The summed E-state index contributed by atoms with van der Waals surface area (Å²) in [7, 11) is 0. The van der Waals surface area contributed by atoms with Gasteiger partial charge in [-0.1, -0.05) is 51.2 Å². The maximum absolute atomic E-state index is 11.9. The molecule has 0 fully saturated rings. The van der Waals surface area contributed by atoms with Crippen molar-refractivity contribution in [2.24, 2.45) is 5.10 Å². The van der Waals surface area contributed by atoms with Crippen molar-refractivity contribution < 1.29 is 19.5 Å². The molecule has 0 unspecified atom stereocenters. The molecule has 0 aliphatic rings. The fourth-order valence-corrected chi connectivity index (χ4v) is 2.78. The summed E-state index contributed by atoms with van der Waals surface area (Å²) in [6, 6.07) is 7.16. The number of carbonyl (C=O) groups is 3. The summed E-state index contributed by atoms with van der Waals surface area (Å²) < 4.78 is 0. The van der Waals surface area contributed by atoms with Crippen molar-refractivity contribution in [2.45, 2.75) is 78.1 Å². The number of carbonyl (C=O) groups excluding carboxylic acids is 2. The minimum Gasteiger partial charge on any atom is -0.481 e. The predicted octanol–water partition coefficient (Wildman–Crippen LogP) is 4.47. The molecule has 7 heteroatoms. The summed E-state index contributed by atoms with van der Waals surface area (Å²) in [5.74, 6) is -1.24. The highest BCUT2D eigenvalue weighted by Crippen LogP contribution is 2.13. The van der Waals surface area contributed by atoms with Crippen LogP contribution < -0.4 is 10.7 Å². The maximum atomic E-state index is 11.9. The Morgan fingerprint density at radius 3 is 2.34 bits per heavy atom. The molecule has 0 radical (unpaired) electrons. The molecule has 2 amide bonds. The fourth-order valence-electron chi connectivity index (χ4n) is 2.78. The zero-order chi connectivity index (χ0) is 21.5. The van der Waals surface area contributed by atoms with Crippen LogP contribution in [-0.4, -0.2) is 28.6 Å². The number of carboxylic acids is 1. The van der Waals surface area contributed by atoms with Gasteiger partial charge in [-0.3, -0.25) is 14.4 Å². The summed E-state index contributed by atoms with van der Waals surface area (Å²) in [6.07, 6.45) is 7.66. The summed E-state index contributed by atoms with van der Waals surface area (Å²) >= 11 is 0. The molecule has 7 nitrogen and oxygen atoms in total. The Bertz CT molecular complexity index is 701. The molecule has 0 bridgehead atoms. The zero-order valence-corrected chi connectivity index (χ0v) is 17.5. The first-order valence-corrected chi connectivity index (χ1v) is 10.4. The van der Waals surface area contributed by atoms with Gasteiger partial charge in [0, 0.05) is 24.9 Å². The Morgan fingerprint density at radius 2 is 1.62 bits per heavy atom. The molecule has 3 N–H and O–H groups in total. The first-order chi connectivity index (χ1) is 13.9. The van der Waals surface area contributed by atoms with Gasteiger partial charge in [-0.05, 0) is 37.5 Å². The molecular weight excluding hydrogens is 370 g/mol. The van der Waals surface area contributed by atoms with Gasteiger partial charge in [0.2, 0.25) is 11.8 Å². The van der Waals surface area contributed by atoms with E-state index in [9.17, 15) is 14.4 Å². The second-order valence-corrected chi connectivity index (χ2v) is 7.13. The van der Waals surface area contributed by atoms with Crippen molar-refractivity contribution in [1.82, 2.24) is 5.43 Å². The lowest BCUT2D eigenvalue weighted by molar-refractivity contribution is -0.137. The van der Waals surface area contributed by atoms with E-state index in [0.717, 1.165) is 24.8 Å². The smallest absolute Gasteiger partial charge is 0.303 e. The number of aliphatic carboxylic acids is 1. The second-order valence-electron chi connectivity index (χ2n) is 7.13. The minimum atomic E-state index is -0.912. The molecule has 29 heavy (non-hydrogen) atoms. The maximum Gasteiger partial charge on any atom is 0.303 e. The van der Waals surface area contributed by atoms with Crippen LogP contribution >= 0.6 is 0 Å². The lowest BCUT2D eigenvalue weighted by Gasteiger charge is -2.08. The number of hydrogen-bond donors (Lipinski definition) is 3. The van der Waals surface area contributed by atoms with E-state index < -0.39 is 5.97 Å². The fraction of sp³-hybridized carbons (Fsp3) is 0.545. The number of nitrogens with one attached hydrogen (secondary N) is 2. The van der Waals surface area contributed by atoms with E-state index in [2.05, 4.69) is 22.8 Å². The number of anilines is 1. The van der Waals surface area contributed by atoms with E-state index in [4.69, 9.17) is 5.11 Å². The van der Waals surface area contributed by atoms with Gasteiger partial charge < -0.3 is 10.4 Å². The van der Waals surface area contributed by atoms with E-state index >= 15 is 0 Å². The quantitative estimate of drug-likeness (QED) is 0.242. The Balaban J connectivity index is 2.44. The number of hydrazone groups is 1. The van der Waals surface area contributed by atoms with Crippen molar-refractivity contribution in [3.8, 4) is 0 Å². The van der Waals surface area contributed by atoms with Gasteiger partial charge in [0.15, 0.2) is 0 Å². The molecule has 160 valence electrons. The van der Waals surface area contributed by atoms with Gasteiger partial charge in [0.05, 0.1) is 5.71 Å². The van der Waals surface area contributed by atoms with Crippen LogP contribution in [-0.2, 0) is 14.4 Å². The summed E-state index contributed by atoms with van der Waals surface area (Å²) in [4.78, 5) is 34.3. The van der Waals surface area contributed by atoms with Crippen molar-refractivity contribution >= 4 is 29.2 Å². The van der Waals surface area contributed by atoms with Crippen molar-refractivity contribution in [3.63, 3.8) is 0 Å².